The molecule has 0 aromatic heterocycles. The fourth-order valence-corrected chi connectivity index (χ4v) is 6.96. The number of azide groups is 1. The van der Waals surface area contributed by atoms with Crippen molar-refractivity contribution in [3.05, 3.63) is 131 Å². The van der Waals surface area contributed by atoms with Crippen molar-refractivity contribution in [1.82, 2.24) is 0 Å². The van der Waals surface area contributed by atoms with Crippen molar-refractivity contribution in [2.24, 2.45) is 5.11 Å². The van der Waals surface area contributed by atoms with E-state index >= 15 is 0 Å². The molecule has 2 heterocycles. The van der Waals surface area contributed by atoms with Gasteiger partial charge < -0.3 is 42.6 Å². The van der Waals surface area contributed by atoms with Crippen LogP contribution >= 0.6 is 15.9 Å². The van der Waals surface area contributed by atoms with E-state index in [-0.39, 0.29) is 39.6 Å². The maximum Gasteiger partial charge on any atom is 0.302 e. The predicted octanol–water partition coefficient (Wildman–Crippen LogP) is 6.35. The van der Waals surface area contributed by atoms with Crippen LogP contribution in [0.15, 0.2) is 109 Å². The summed E-state index contributed by atoms with van der Waals surface area (Å²) in [4.78, 5) is 27.2. The van der Waals surface area contributed by atoms with Crippen LogP contribution in [0.3, 0.4) is 0 Å². The Morgan fingerprint density at radius 2 is 1.18 bits per heavy atom. The Morgan fingerprint density at radius 1 is 0.709 bits per heavy atom. The van der Waals surface area contributed by atoms with Crippen LogP contribution in [0.25, 0.3) is 10.4 Å². The summed E-state index contributed by atoms with van der Waals surface area (Å²) in [5, 5.41) is 3.13. The molecule has 294 valence electrons. The molecule has 0 radical (unpaired) electrons. The average molecular weight is 825 g/mol. The molecule has 14 nitrogen and oxygen atoms in total. The first-order chi connectivity index (χ1) is 26.8. The van der Waals surface area contributed by atoms with E-state index in [2.05, 4.69) is 32.5 Å². The minimum atomic E-state index is -1.25. The number of hydrogen-bond acceptors (Lipinski definition) is 12. The largest absolute Gasteiger partial charge is 0.463 e. The second-order valence-electron chi connectivity index (χ2n) is 12.8. The van der Waals surface area contributed by atoms with Gasteiger partial charge in [-0.25, -0.2) is 0 Å². The number of rotatable bonds is 19. The minimum Gasteiger partial charge on any atom is -0.463 e. The van der Waals surface area contributed by atoms with Gasteiger partial charge in [-0.3, -0.25) is 9.59 Å². The first kappa shape index (κ1) is 42.0. The van der Waals surface area contributed by atoms with Gasteiger partial charge in [0, 0.05) is 18.8 Å². The van der Waals surface area contributed by atoms with E-state index in [4.69, 9.17) is 42.6 Å². The number of alkyl halides is 1. The van der Waals surface area contributed by atoms with Gasteiger partial charge >= 0.3 is 11.9 Å². The maximum atomic E-state index is 12.2. The normalized spacial score (nSPS) is 27.7. The number of carbonyl (C=O) groups excluding carboxylic acids is 2. The molecule has 0 N–H and O–H groups in total. The zero-order chi connectivity index (χ0) is 39.0. The molecule has 0 aliphatic carbocycles. The molecule has 2 fully saturated rings. The van der Waals surface area contributed by atoms with E-state index in [0.717, 1.165) is 16.7 Å². The smallest absolute Gasteiger partial charge is 0.302 e. The van der Waals surface area contributed by atoms with Crippen LogP contribution in [0, 0.1) is 0 Å². The molecule has 3 aromatic carbocycles. The summed E-state index contributed by atoms with van der Waals surface area (Å²) in [5.41, 5.74) is 12.2. The van der Waals surface area contributed by atoms with Crippen molar-refractivity contribution in [3.8, 4) is 0 Å². The SMILES string of the molecule is C=CCO[C@@H]1[C@@H](N=[N+]=[N-])[C@@H](Br)O[C@H](COC(C)=O)[C@H]1O[C@@H]1O[C@H](COC(C)=O)[C@@H](OCc2ccccc2)[C@H](OCc2ccccc2)[C@@H]1OCc1ccccc1. The molecule has 10 atom stereocenters. The summed E-state index contributed by atoms with van der Waals surface area (Å²) >= 11 is 3.46. The molecule has 0 bridgehead atoms. The second kappa shape index (κ2) is 21.8. The molecule has 55 heavy (non-hydrogen) atoms. The van der Waals surface area contributed by atoms with Crippen LogP contribution in [-0.2, 0) is 72.0 Å². The molecular weight excluding hydrogens is 778 g/mol. The third kappa shape index (κ3) is 12.4. The Kier molecular flexibility index (Phi) is 16.7. The lowest BCUT2D eigenvalue weighted by Crippen LogP contribution is -2.65. The lowest BCUT2D eigenvalue weighted by molar-refractivity contribution is -0.352. The number of hydrogen-bond donors (Lipinski definition) is 0. The summed E-state index contributed by atoms with van der Waals surface area (Å²) in [6, 6.07) is 27.9. The molecule has 2 aliphatic heterocycles. The fraction of sp³-hybridized carbons (Fsp3) is 0.450. The van der Waals surface area contributed by atoms with Crippen molar-refractivity contribution in [2.45, 2.75) is 93.7 Å². The topological polar surface area (TPSA) is 166 Å². The van der Waals surface area contributed by atoms with Gasteiger partial charge in [0.1, 0.15) is 60.9 Å². The molecule has 2 aliphatic rings. The van der Waals surface area contributed by atoms with E-state index in [9.17, 15) is 15.1 Å². The van der Waals surface area contributed by atoms with Crippen LogP contribution < -0.4 is 0 Å². The fourth-order valence-electron chi connectivity index (χ4n) is 6.27. The van der Waals surface area contributed by atoms with Gasteiger partial charge in [0.25, 0.3) is 0 Å². The van der Waals surface area contributed by atoms with Crippen LogP contribution in [0.1, 0.15) is 30.5 Å². The van der Waals surface area contributed by atoms with Gasteiger partial charge in [-0.2, -0.15) is 0 Å². The summed E-state index contributed by atoms with van der Waals surface area (Å²) in [5.74, 6) is -1.06. The molecule has 15 heteroatoms. The molecule has 0 saturated carbocycles. The van der Waals surface area contributed by atoms with E-state index in [0.29, 0.717) is 0 Å². The maximum absolute atomic E-state index is 12.2. The standard InChI is InChI=1S/C40H46BrN3O11/c1-4-20-47-36-33(43-44-42)39(41)53-32(25-49-27(3)46)35(36)55-40-38(52-23-30-18-12-7-13-19-30)37(51-22-29-16-10-6-11-17-29)34(31(54-40)24-48-26(2)45)50-21-28-14-8-5-9-15-28/h4-19,31-40H,1,20-25H2,2-3H3/t31-,32-,33-,34-,35-,36-,37+,38+,39+,40+/m1/s1. The van der Waals surface area contributed by atoms with Gasteiger partial charge in [-0.05, 0) is 22.2 Å². The number of nitrogens with zero attached hydrogens (tertiary/aromatic N) is 3. The Labute approximate surface area is 328 Å². The van der Waals surface area contributed by atoms with Crippen molar-refractivity contribution in [1.29, 1.82) is 0 Å². The van der Waals surface area contributed by atoms with E-state index in [1.54, 1.807) is 6.08 Å². The lowest BCUT2D eigenvalue weighted by atomic mass is 9.95. The first-order valence-electron chi connectivity index (χ1n) is 17.9. The summed E-state index contributed by atoms with van der Waals surface area (Å²) < 4.78 is 56.9. The molecule has 5 rings (SSSR count). The van der Waals surface area contributed by atoms with Gasteiger partial charge in [0.05, 0.1) is 32.5 Å². The Bertz CT molecular complexity index is 1690. The van der Waals surface area contributed by atoms with Gasteiger partial charge in [0.2, 0.25) is 0 Å². The number of halogens is 1. The summed E-state index contributed by atoms with van der Waals surface area (Å²) in [6.07, 6.45) is -6.26. The predicted molar refractivity (Wildman–Crippen MR) is 202 cm³/mol. The Morgan fingerprint density at radius 3 is 1.65 bits per heavy atom. The third-order valence-electron chi connectivity index (χ3n) is 8.83. The molecule has 3 aromatic rings. The molecule has 0 amide bonds. The number of esters is 2. The second-order valence-corrected chi connectivity index (χ2v) is 13.7. The Balaban J connectivity index is 1.57. The van der Waals surface area contributed by atoms with Gasteiger partial charge in [-0.1, -0.05) is 118 Å². The first-order valence-corrected chi connectivity index (χ1v) is 18.8. The zero-order valence-electron chi connectivity index (χ0n) is 30.7. The van der Waals surface area contributed by atoms with Crippen molar-refractivity contribution < 1.29 is 52.2 Å². The van der Waals surface area contributed by atoms with E-state index in [1.807, 2.05) is 91.0 Å². The number of carbonyl (C=O) groups is 2. The average Bonchev–Trinajstić information content (AvgIpc) is 3.19. The van der Waals surface area contributed by atoms with Gasteiger partial charge in [-0.15, -0.1) is 6.58 Å². The third-order valence-corrected chi connectivity index (χ3v) is 9.59. The molecule has 0 spiro atoms. The van der Waals surface area contributed by atoms with Crippen molar-refractivity contribution >= 4 is 27.9 Å². The summed E-state index contributed by atoms with van der Waals surface area (Å²) in [7, 11) is 0. The molecular formula is C40H46BrN3O11. The Hall–Kier alpha value is -4.15. The van der Waals surface area contributed by atoms with E-state index in [1.165, 1.54) is 13.8 Å². The van der Waals surface area contributed by atoms with Crippen LogP contribution in [-0.4, -0.2) is 91.8 Å². The highest BCUT2D eigenvalue weighted by atomic mass is 79.9. The summed E-state index contributed by atoms with van der Waals surface area (Å²) in [6.45, 7) is 6.48. The number of ether oxygens (including phenoxy) is 9. The van der Waals surface area contributed by atoms with E-state index < -0.39 is 72.0 Å². The molecule has 2 saturated heterocycles. The highest BCUT2D eigenvalue weighted by Crippen LogP contribution is 2.37. The van der Waals surface area contributed by atoms with Crippen molar-refractivity contribution in [2.75, 3.05) is 19.8 Å². The lowest BCUT2D eigenvalue weighted by Gasteiger charge is -2.49. The number of benzene rings is 3. The van der Waals surface area contributed by atoms with Crippen LogP contribution in [0.5, 0.6) is 0 Å². The highest BCUT2D eigenvalue weighted by molar-refractivity contribution is 9.09. The molecule has 0 unspecified atom stereocenters. The van der Waals surface area contributed by atoms with Crippen molar-refractivity contribution in [3.63, 3.8) is 0 Å². The quantitative estimate of drug-likeness (QED) is 0.0330. The minimum absolute atomic E-state index is 0.0642. The van der Waals surface area contributed by atoms with Crippen LogP contribution in [0.2, 0.25) is 0 Å². The van der Waals surface area contributed by atoms with Gasteiger partial charge in [0.15, 0.2) is 6.29 Å². The highest BCUT2D eigenvalue weighted by Gasteiger charge is 2.54. The van der Waals surface area contributed by atoms with Crippen LogP contribution in [0.4, 0.5) is 0 Å². The monoisotopic (exact) mass is 823 g/mol. The zero-order valence-corrected chi connectivity index (χ0v) is 32.3.